The van der Waals surface area contributed by atoms with Crippen LogP contribution in [0, 0.1) is 5.82 Å². The standard InChI is InChI=1S/C17H19FN6O2/c1-26-11-10-19-14-6-7-15-21-22-16(24(15)23-14)8-9-20-17(25)12-2-4-13(18)5-3-12/h2-7H,8-11H2,1H3,(H,19,23)(H,20,25). The first-order valence-electron chi connectivity index (χ1n) is 8.15. The molecule has 136 valence electrons. The summed E-state index contributed by atoms with van der Waals surface area (Å²) >= 11 is 0. The number of methoxy groups -OCH3 is 1. The van der Waals surface area contributed by atoms with Gasteiger partial charge in [-0.2, -0.15) is 4.52 Å². The Balaban J connectivity index is 1.60. The summed E-state index contributed by atoms with van der Waals surface area (Å²) in [5.74, 6) is 0.673. The van der Waals surface area contributed by atoms with Gasteiger partial charge in [0, 0.05) is 32.2 Å². The van der Waals surface area contributed by atoms with Crippen LogP contribution in [0.5, 0.6) is 0 Å². The number of hydrogen-bond acceptors (Lipinski definition) is 6. The van der Waals surface area contributed by atoms with Crippen molar-refractivity contribution in [1.82, 2.24) is 25.1 Å². The van der Waals surface area contributed by atoms with E-state index in [4.69, 9.17) is 4.74 Å². The fraction of sp³-hybridized carbons (Fsp3) is 0.294. The Morgan fingerprint density at radius 2 is 1.96 bits per heavy atom. The topological polar surface area (TPSA) is 93.4 Å². The summed E-state index contributed by atoms with van der Waals surface area (Å²) in [5.41, 5.74) is 1.03. The molecule has 1 amide bonds. The zero-order valence-electron chi connectivity index (χ0n) is 14.3. The third-order valence-corrected chi connectivity index (χ3v) is 3.68. The number of ether oxygens (including phenoxy) is 1. The number of halogens is 1. The first-order valence-corrected chi connectivity index (χ1v) is 8.15. The van der Waals surface area contributed by atoms with Crippen molar-refractivity contribution in [2.75, 3.05) is 32.1 Å². The molecule has 0 atom stereocenters. The molecule has 2 heterocycles. The Hall–Kier alpha value is -3.07. The second-order valence-corrected chi connectivity index (χ2v) is 5.54. The summed E-state index contributed by atoms with van der Waals surface area (Å²) in [6.45, 7) is 1.57. The quantitative estimate of drug-likeness (QED) is 0.590. The summed E-state index contributed by atoms with van der Waals surface area (Å²) in [5, 5.41) is 18.5. The number of aromatic nitrogens is 4. The Labute approximate surface area is 149 Å². The summed E-state index contributed by atoms with van der Waals surface area (Å²) in [4.78, 5) is 12.0. The number of anilines is 1. The number of benzene rings is 1. The zero-order chi connectivity index (χ0) is 18.4. The molecule has 0 bridgehead atoms. The Bertz CT molecular complexity index is 881. The van der Waals surface area contributed by atoms with Gasteiger partial charge in [-0.15, -0.1) is 15.3 Å². The molecule has 0 fully saturated rings. The minimum atomic E-state index is -0.377. The average Bonchev–Trinajstić information content (AvgIpc) is 3.05. The number of amides is 1. The second kappa shape index (κ2) is 8.34. The van der Waals surface area contributed by atoms with E-state index in [1.807, 2.05) is 12.1 Å². The third kappa shape index (κ3) is 4.31. The van der Waals surface area contributed by atoms with Crippen molar-refractivity contribution >= 4 is 17.4 Å². The monoisotopic (exact) mass is 358 g/mol. The van der Waals surface area contributed by atoms with Crippen LogP contribution in [0.1, 0.15) is 16.2 Å². The summed E-state index contributed by atoms with van der Waals surface area (Å²) in [7, 11) is 1.64. The van der Waals surface area contributed by atoms with Gasteiger partial charge < -0.3 is 15.4 Å². The molecule has 0 aliphatic rings. The fourth-order valence-electron chi connectivity index (χ4n) is 2.36. The molecule has 0 spiro atoms. The molecule has 9 heteroatoms. The van der Waals surface area contributed by atoms with E-state index < -0.39 is 0 Å². The van der Waals surface area contributed by atoms with Crippen LogP contribution < -0.4 is 10.6 Å². The molecule has 0 aliphatic carbocycles. The van der Waals surface area contributed by atoms with Crippen molar-refractivity contribution in [1.29, 1.82) is 0 Å². The van der Waals surface area contributed by atoms with Crippen molar-refractivity contribution in [2.45, 2.75) is 6.42 Å². The van der Waals surface area contributed by atoms with Gasteiger partial charge in [0.05, 0.1) is 6.61 Å². The van der Waals surface area contributed by atoms with E-state index in [2.05, 4.69) is 25.9 Å². The van der Waals surface area contributed by atoms with Crippen molar-refractivity contribution in [3.05, 3.63) is 53.6 Å². The van der Waals surface area contributed by atoms with E-state index in [0.717, 1.165) is 0 Å². The van der Waals surface area contributed by atoms with Crippen LogP contribution in [0.3, 0.4) is 0 Å². The fourth-order valence-corrected chi connectivity index (χ4v) is 2.36. The van der Waals surface area contributed by atoms with Gasteiger partial charge >= 0.3 is 0 Å². The van der Waals surface area contributed by atoms with E-state index in [-0.39, 0.29) is 11.7 Å². The predicted molar refractivity (Wildman–Crippen MR) is 93.6 cm³/mol. The lowest BCUT2D eigenvalue weighted by atomic mass is 10.2. The number of rotatable bonds is 8. The SMILES string of the molecule is COCCNc1ccc2nnc(CCNC(=O)c3ccc(F)cc3)n2n1. The first-order chi connectivity index (χ1) is 12.7. The van der Waals surface area contributed by atoms with Crippen molar-refractivity contribution in [2.24, 2.45) is 0 Å². The minimum Gasteiger partial charge on any atom is -0.383 e. The van der Waals surface area contributed by atoms with Crippen LogP contribution in [0.4, 0.5) is 10.2 Å². The smallest absolute Gasteiger partial charge is 0.251 e. The summed E-state index contributed by atoms with van der Waals surface area (Å²) in [6.07, 6.45) is 0.461. The number of hydrogen-bond donors (Lipinski definition) is 2. The van der Waals surface area contributed by atoms with Crippen LogP contribution in [-0.4, -0.2) is 52.5 Å². The van der Waals surface area contributed by atoms with Crippen molar-refractivity contribution < 1.29 is 13.9 Å². The molecule has 1 aromatic carbocycles. The molecule has 2 aromatic heterocycles. The van der Waals surface area contributed by atoms with E-state index >= 15 is 0 Å². The molecule has 8 nitrogen and oxygen atoms in total. The van der Waals surface area contributed by atoms with Crippen LogP contribution in [0.2, 0.25) is 0 Å². The molecule has 0 aliphatic heterocycles. The molecular weight excluding hydrogens is 339 g/mol. The lowest BCUT2D eigenvalue weighted by Gasteiger charge is -2.06. The van der Waals surface area contributed by atoms with Gasteiger partial charge in [-0.1, -0.05) is 0 Å². The lowest BCUT2D eigenvalue weighted by molar-refractivity contribution is 0.0954. The summed E-state index contributed by atoms with van der Waals surface area (Å²) in [6, 6.07) is 9.02. The van der Waals surface area contributed by atoms with Gasteiger partial charge in [0.25, 0.3) is 5.91 Å². The van der Waals surface area contributed by atoms with Crippen LogP contribution in [0.15, 0.2) is 36.4 Å². The van der Waals surface area contributed by atoms with Crippen LogP contribution in [0.25, 0.3) is 5.65 Å². The molecule has 0 saturated carbocycles. The molecule has 0 saturated heterocycles. The van der Waals surface area contributed by atoms with Gasteiger partial charge in [-0.05, 0) is 36.4 Å². The van der Waals surface area contributed by atoms with E-state index in [0.29, 0.717) is 49.0 Å². The first kappa shape index (κ1) is 17.7. The van der Waals surface area contributed by atoms with Crippen molar-refractivity contribution in [3.8, 4) is 0 Å². The van der Waals surface area contributed by atoms with Gasteiger partial charge in [-0.25, -0.2) is 4.39 Å². The predicted octanol–water partition coefficient (Wildman–Crippen LogP) is 1.29. The largest absolute Gasteiger partial charge is 0.383 e. The highest BCUT2D eigenvalue weighted by Gasteiger charge is 2.09. The number of nitrogens with zero attached hydrogens (tertiary/aromatic N) is 4. The van der Waals surface area contributed by atoms with Crippen LogP contribution >= 0.6 is 0 Å². The number of carbonyl (C=O) groups is 1. The number of fused-ring (bicyclic) bond motifs is 1. The van der Waals surface area contributed by atoms with Gasteiger partial charge in [-0.3, -0.25) is 4.79 Å². The highest BCUT2D eigenvalue weighted by Crippen LogP contribution is 2.07. The maximum Gasteiger partial charge on any atom is 0.251 e. The molecular formula is C17H19FN6O2. The van der Waals surface area contributed by atoms with E-state index in [9.17, 15) is 9.18 Å². The average molecular weight is 358 g/mol. The zero-order valence-corrected chi connectivity index (χ0v) is 14.3. The molecule has 26 heavy (non-hydrogen) atoms. The Kier molecular flexibility index (Phi) is 5.69. The van der Waals surface area contributed by atoms with E-state index in [1.165, 1.54) is 24.3 Å². The minimum absolute atomic E-state index is 0.270. The maximum absolute atomic E-state index is 12.9. The Morgan fingerprint density at radius 1 is 1.15 bits per heavy atom. The van der Waals surface area contributed by atoms with Crippen LogP contribution in [-0.2, 0) is 11.2 Å². The van der Waals surface area contributed by atoms with E-state index in [1.54, 1.807) is 11.6 Å². The molecule has 3 rings (SSSR count). The normalized spacial score (nSPS) is 10.8. The highest BCUT2D eigenvalue weighted by atomic mass is 19.1. The Morgan fingerprint density at radius 3 is 2.73 bits per heavy atom. The van der Waals surface area contributed by atoms with Gasteiger partial charge in [0.15, 0.2) is 11.5 Å². The number of carbonyl (C=O) groups excluding carboxylic acids is 1. The molecule has 0 radical (unpaired) electrons. The van der Waals surface area contributed by atoms with Gasteiger partial charge in [0.1, 0.15) is 11.6 Å². The third-order valence-electron chi connectivity index (χ3n) is 3.68. The molecule has 2 N–H and O–H groups in total. The second-order valence-electron chi connectivity index (χ2n) is 5.54. The molecule has 0 unspecified atom stereocenters. The van der Waals surface area contributed by atoms with Gasteiger partial charge in [0.2, 0.25) is 0 Å². The lowest BCUT2D eigenvalue weighted by Crippen LogP contribution is -2.26. The highest BCUT2D eigenvalue weighted by molar-refractivity contribution is 5.94. The summed E-state index contributed by atoms with van der Waals surface area (Å²) < 4.78 is 19.5. The maximum atomic E-state index is 12.9. The molecule has 3 aromatic rings. The van der Waals surface area contributed by atoms with Crippen molar-refractivity contribution in [3.63, 3.8) is 0 Å². The number of nitrogens with one attached hydrogen (secondary N) is 2.